The number of aliphatic hydroxyl groups is 2. The van der Waals surface area contributed by atoms with Gasteiger partial charge in [0.1, 0.15) is 6.10 Å². The van der Waals surface area contributed by atoms with Crippen LogP contribution in [0.15, 0.2) is 0 Å². The second-order valence-electron chi connectivity index (χ2n) is 3.39. The summed E-state index contributed by atoms with van der Waals surface area (Å²) in [6, 6.07) is 0. The van der Waals surface area contributed by atoms with Gasteiger partial charge < -0.3 is 14.9 Å². The lowest BCUT2D eigenvalue weighted by Crippen LogP contribution is -2.51. The molecule has 0 radical (unpaired) electrons. The molecule has 2 unspecified atom stereocenters. The second kappa shape index (κ2) is 3.09. The Morgan fingerprint density at radius 1 is 0.909 bits per heavy atom. The fourth-order valence-corrected chi connectivity index (χ4v) is 1.41. The first kappa shape index (κ1) is 8.97. The molecular formula is C8H16O3. The highest BCUT2D eigenvalue weighted by atomic mass is 16.5. The molecule has 11 heavy (non-hydrogen) atoms. The molecule has 0 spiro atoms. The van der Waals surface area contributed by atoms with Gasteiger partial charge in [-0.25, -0.2) is 0 Å². The summed E-state index contributed by atoms with van der Waals surface area (Å²) in [5, 5.41) is 18.8. The quantitative estimate of drug-likeness (QED) is 0.530. The van der Waals surface area contributed by atoms with Gasteiger partial charge in [0.2, 0.25) is 0 Å². The van der Waals surface area contributed by atoms with Crippen LogP contribution in [0, 0.1) is 5.92 Å². The van der Waals surface area contributed by atoms with E-state index in [1.54, 1.807) is 6.92 Å². The van der Waals surface area contributed by atoms with Crippen molar-refractivity contribution in [2.45, 2.75) is 45.2 Å². The third-order valence-electron chi connectivity index (χ3n) is 2.54. The molecule has 0 aliphatic carbocycles. The molecule has 1 aliphatic rings. The largest absolute Gasteiger partial charge is 0.390 e. The van der Waals surface area contributed by atoms with E-state index < -0.39 is 12.2 Å². The standard InChI is InChI=1S/C8H16O3/c1-4-5(2)11-6(3)8(10)7(4)9/h4-10H,1-3H3/t4?,5-,6?,7+,8-/m0/s1. The lowest BCUT2D eigenvalue weighted by molar-refractivity contribution is -0.184. The first-order valence-corrected chi connectivity index (χ1v) is 4.05. The number of ether oxygens (including phenoxy) is 1. The molecule has 1 fully saturated rings. The van der Waals surface area contributed by atoms with Crippen molar-refractivity contribution in [1.82, 2.24) is 0 Å². The lowest BCUT2D eigenvalue weighted by atomic mass is 9.89. The van der Waals surface area contributed by atoms with Gasteiger partial charge in [0.05, 0.1) is 18.3 Å². The maximum absolute atomic E-state index is 9.46. The van der Waals surface area contributed by atoms with Gasteiger partial charge in [-0.3, -0.25) is 0 Å². The Kier molecular flexibility index (Phi) is 2.52. The van der Waals surface area contributed by atoms with Crippen molar-refractivity contribution in [3.63, 3.8) is 0 Å². The van der Waals surface area contributed by atoms with Crippen LogP contribution in [0.25, 0.3) is 0 Å². The van der Waals surface area contributed by atoms with Crippen molar-refractivity contribution < 1.29 is 14.9 Å². The SMILES string of the molecule is CC1[C@H](C)OC(C)[C@H](O)[C@@H]1O. The van der Waals surface area contributed by atoms with Crippen molar-refractivity contribution in [3.8, 4) is 0 Å². The number of hydrogen-bond donors (Lipinski definition) is 2. The second-order valence-corrected chi connectivity index (χ2v) is 3.39. The van der Waals surface area contributed by atoms with E-state index in [1.807, 2.05) is 13.8 Å². The summed E-state index contributed by atoms with van der Waals surface area (Å²) >= 11 is 0. The highest BCUT2D eigenvalue weighted by Gasteiger charge is 2.37. The molecular weight excluding hydrogens is 144 g/mol. The molecule has 66 valence electrons. The van der Waals surface area contributed by atoms with Crippen LogP contribution in [0.5, 0.6) is 0 Å². The maximum atomic E-state index is 9.46. The van der Waals surface area contributed by atoms with Gasteiger partial charge in [-0.1, -0.05) is 6.92 Å². The van der Waals surface area contributed by atoms with Crippen LogP contribution >= 0.6 is 0 Å². The zero-order chi connectivity index (χ0) is 8.59. The van der Waals surface area contributed by atoms with Gasteiger partial charge in [0.25, 0.3) is 0 Å². The van der Waals surface area contributed by atoms with Crippen LogP contribution in [0.1, 0.15) is 20.8 Å². The van der Waals surface area contributed by atoms with Crippen molar-refractivity contribution in [3.05, 3.63) is 0 Å². The van der Waals surface area contributed by atoms with Crippen LogP contribution in [0.3, 0.4) is 0 Å². The summed E-state index contributed by atoms with van der Waals surface area (Å²) in [6.07, 6.45) is -1.60. The number of rotatable bonds is 0. The first-order valence-electron chi connectivity index (χ1n) is 4.05. The lowest BCUT2D eigenvalue weighted by Gasteiger charge is -2.38. The summed E-state index contributed by atoms with van der Waals surface area (Å²) in [4.78, 5) is 0. The van der Waals surface area contributed by atoms with E-state index in [2.05, 4.69) is 0 Å². The van der Waals surface area contributed by atoms with Crippen molar-refractivity contribution in [2.24, 2.45) is 5.92 Å². The van der Waals surface area contributed by atoms with E-state index in [-0.39, 0.29) is 18.1 Å². The van der Waals surface area contributed by atoms with E-state index in [0.717, 1.165) is 0 Å². The van der Waals surface area contributed by atoms with Crippen molar-refractivity contribution in [1.29, 1.82) is 0 Å². The van der Waals surface area contributed by atoms with Gasteiger partial charge in [-0.05, 0) is 13.8 Å². The molecule has 1 heterocycles. The van der Waals surface area contributed by atoms with E-state index in [1.165, 1.54) is 0 Å². The highest BCUT2D eigenvalue weighted by molar-refractivity contribution is 4.86. The van der Waals surface area contributed by atoms with Crippen LogP contribution in [0.2, 0.25) is 0 Å². The Balaban J connectivity index is 2.63. The minimum Gasteiger partial charge on any atom is -0.390 e. The van der Waals surface area contributed by atoms with E-state index in [4.69, 9.17) is 4.74 Å². The molecule has 1 saturated heterocycles. The van der Waals surface area contributed by atoms with Gasteiger partial charge in [0, 0.05) is 5.92 Å². The molecule has 1 rings (SSSR count). The molecule has 1 aliphatic heterocycles. The van der Waals surface area contributed by atoms with Crippen LogP contribution < -0.4 is 0 Å². The topological polar surface area (TPSA) is 49.7 Å². The van der Waals surface area contributed by atoms with Gasteiger partial charge in [-0.15, -0.1) is 0 Å². The fraction of sp³-hybridized carbons (Fsp3) is 1.00. The predicted molar refractivity (Wildman–Crippen MR) is 41.2 cm³/mol. The summed E-state index contributed by atoms with van der Waals surface area (Å²) in [7, 11) is 0. The zero-order valence-electron chi connectivity index (χ0n) is 7.19. The molecule has 0 amide bonds. The van der Waals surface area contributed by atoms with Gasteiger partial charge in [-0.2, -0.15) is 0 Å². The molecule has 0 saturated carbocycles. The monoisotopic (exact) mass is 160 g/mol. The van der Waals surface area contributed by atoms with Crippen molar-refractivity contribution >= 4 is 0 Å². The number of hydrogen-bond acceptors (Lipinski definition) is 3. The number of aliphatic hydroxyl groups excluding tert-OH is 2. The summed E-state index contributed by atoms with van der Waals surface area (Å²) < 4.78 is 5.37. The fourth-order valence-electron chi connectivity index (χ4n) is 1.41. The molecule has 3 heteroatoms. The molecule has 0 aromatic carbocycles. The molecule has 2 N–H and O–H groups in total. The van der Waals surface area contributed by atoms with Gasteiger partial charge in [0.15, 0.2) is 0 Å². The molecule has 3 nitrogen and oxygen atoms in total. The molecule has 0 aromatic heterocycles. The average Bonchev–Trinajstić information content (AvgIpc) is 1.97. The minimum atomic E-state index is -0.735. The Morgan fingerprint density at radius 3 is 2.00 bits per heavy atom. The molecule has 5 atom stereocenters. The summed E-state index contributed by atoms with van der Waals surface area (Å²) in [6.45, 7) is 5.57. The van der Waals surface area contributed by atoms with E-state index >= 15 is 0 Å². The molecule has 0 aromatic rings. The van der Waals surface area contributed by atoms with Crippen LogP contribution in [0.4, 0.5) is 0 Å². The third kappa shape index (κ3) is 1.55. The molecule has 0 bridgehead atoms. The summed E-state index contributed by atoms with van der Waals surface area (Å²) in [5.74, 6) is 0.0150. The van der Waals surface area contributed by atoms with E-state index in [9.17, 15) is 10.2 Å². The summed E-state index contributed by atoms with van der Waals surface area (Å²) in [5.41, 5.74) is 0. The predicted octanol–water partition coefficient (Wildman–Crippen LogP) is 0.152. The van der Waals surface area contributed by atoms with E-state index in [0.29, 0.717) is 0 Å². The smallest absolute Gasteiger partial charge is 0.106 e. The van der Waals surface area contributed by atoms with Gasteiger partial charge >= 0.3 is 0 Å². The Bertz CT molecular complexity index is 123. The Labute approximate surface area is 67.0 Å². The van der Waals surface area contributed by atoms with Crippen molar-refractivity contribution in [2.75, 3.05) is 0 Å². The normalized spacial score (nSPS) is 52.6. The van der Waals surface area contributed by atoms with Crippen LogP contribution in [-0.4, -0.2) is 34.6 Å². The maximum Gasteiger partial charge on any atom is 0.106 e. The third-order valence-corrected chi connectivity index (χ3v) is 2.54. The average molecular weight is 160 g/mol. The highest BCUT2D eigenvalue weighted by Crippen LogP contribution is 2.24. The first-order chi connectivity index (χ1) is 5.04. The Morgan fingerprint density at radius 2 is 1.45 bits per heavy atom. The zero-order valence-corrected chi connectivity index (χ0v) is 7.19. The minimum absolute atomic E-state index is 0.0150. The van der Waals surface area contributed by atoms with Crippen LogP contribution in [-0.2, 0) is 4.74 Å². The Hall–Kier alpha value is -0.120.